The van der Waals surface area contributed by atoms with Gasteiger partial charge in [0.15, 0.2) is 0 Å². The number of aromatic nitrogens is 2. The number of nitrogens with one attached hydrogen (secondary N) is 1. The van der Waals surface area contributed by atoms with E-state index in [9.17, 15) is 4.79 Å². The number of carboxylic acid groups (broad SMARTS) is 1. The standard InChI is InChI=1S/C12H19N3O2/c1-3-9(4-2)5-13-7-11-10(12(16)17)6-14-8-15-11/h6,8-9,13H,3-5,7H2,1-2H3,(H,16,17). The van der Waals surface area contributed by atoms with E-state index in [4.69, 9.17) is 5.11 Å². The van der Waals surface area contributed by atoms with E-state index < -0.39 is 5.97 Å². The summed E-state index contributed by atoms with van der Waals surface area (Å²) in [4.78, 5) is 18.6. The van der Waals surface area contributed by atoms with E-state index in [-0.39, 0.29) is 5.56 Å². The van der Waals surface area contributed by atoms with Crippen LogP contribution in [0.1, 0.15) is 42.7 Å². The molecule has 0 atom stereocenters. The van der Waals surface area contributed by atoms with E-state index in [2.05, 4.69) is 29.1 Å². The van der Waals surface area contributed by atoms with Crippen molar-refractivity contribution in [2.45, 2.75) is 33.2 Å². The van der Waals surface area contributed by atoms with Crippen molar-refractivity contribution in [1.82, 2.24) is 15.3 Å². The van der Waals surface area contributed by atoms with Gasteiger partial charge in [0.05, 0.1) is 5.69 Å². The number of carboxylic acids is 1. The second-order valence-electron chi connectivity index (χ2n) is 4.00. The molecule has 1 aromatic rings. The fraction of sp³-hybridized carbons (Fsp3) is 0.583. The number of rotatable bonds is 7. The molecule has 1 rings (SSSR count). The monoisotopic (exact) mass is 237 g/mol. The quantitative estimate of drug-likeness (QED) is 0.755. The summed E-state index contributed by atoms with van der Waals surface area (Å²) in [7, 11) is 0. The average molecular weight is 237 g/mol. The second-order valence-corrected chi connectivity index (χ2v) is 4.00. The number of nitrogens with zero attached hydrogens (tertiary/aromatic N) is 2. The van der Waals surface area contributed by atoms with Crippen LogP contribution in [0.25, 0.3) is 0 Å². The molecule has 17 heavy (non-hydrogen) atoms. The minimum Gasteiger partial charge on any atom is -0.478 e. The van der Waals surface area contributed by atoms with Gasteiger partial charge in [-0.2, -0.15) is 0 Å². The Kier molecular flexibility index (Phi) is 5.56. The van der Waals surface area contributed by atoms with Gasteiger partial charge in [-0.3, -0.25) is 0 Å². The Morgan fingerprint density at radius 3 is 2.76 bits per heavy atom. The van der Waals surface area contributed by atoms with Crippen LogP contribution >= 0.6 is 0 Å². The van der Waals surface area contributed by atoms with E-state index in [0.717, 1.165) is 19.4 Å². The maximum atomic E-state index is 10.9. The summed E-state index contributed by atoms with van der Waals surface area (Å²) in [6, 6.07) is 0. The Morgan fingerprint density at radius 1 is 1.47 bits per heavy atom. The van der Waals surface area contributed by atoms with Crippen LogP contribution in [-0.2, 0) is 6.54 Å². The van der Waals surface area contributed by atoms with Crippen molar-refractivity contribution in [3.63, 3.8) is 0 Å². The molecule has 2 N–H and O–H groups in total. The fourth-order valence-corrected chi connectivity index (χ4v) is 1.65. The van der Waals surface area contributed by atoms with Gasteiger partial charge in [0.25, 0.3) is 0 Å². The molecule has 0 radical (unpaired) electrons. The lowest BCUT2D eigenvalue weighted by molar-refractivity contribution is 0.0694. The third kappa shape index (κ3) is 4.11. The van der Waals surface area contributed by atoms with Gasteiger partial charge in [0.2, 0.25) is 0 Å². The zero-order valence-electron chi connectivity index (χ0n) is 10.3. The topological polar surface area (TPSA) is 75.1 Å². The summed E-state index contributed by atoms with van der Waals surface area (Å²) in [5.41, 5.74) is 0.711. The number of aromatic carboxylic acids is 1. The average Bonchev–Trinajstić information content (AvgIpc) is 2.35. The summed E-state index contributed by atoms with van der Waals surface area (Å²) in [5, 5.41) is 12.2. The van der Waals surface area contributed by atoms with Gasteiger partial charge in [-0.05, 0) is 12.5 Å². The van der Waals surface area contributed by atoms with Crippen molar-refractivity contribution in [2.75, 3.05) is 6.54 Å². The van der Waals surface area contributed by atoms with Gasteiger partial charge in [0.1, 0.15) is 11.9 Å². The third-order valence-corrected chi connectivity index (χ3v) is 2.91. The molecule has 0 bridgehead atoms. The summed E-state index contributed by atoms with van der Waals surface area (Å²) in [5.74, 6) is -0.352. The Labute approximate surface area is 101 Å². The predicted octanol–water partition coefficient (Wildman–Crippen LogP) is 1.70. The highest BCUT2D eigenvalue weighted by atomic mass is 16.4. The van der Waals surface area contributed by atoms with Crippen LogP contribution in [-0.4, -0.2) is 27.6 Å². The lowest BCUT2D eigenvalue weighted by Gasteiger charge is -2.13. The Morgan fingerprint density at radius 2 is 2.18 bits per heavy atom. The van der Waals surface area contributed by atoms with Crippen molar-refractivity contribution in [1.29, 1.82) is 0 Å². The highest BCUT2D eigenvalue weighted by Crippen LogP contribution is 2.07. The van der Waals surface area contributed by atoms with Gasteiger partial charge in [-0.15, -0.1) is 0 Å². The van der Waals surface area contributed by atoms with Crippen LogP contribution in [0.3, 0.4) is 0 Å². The van der Waals surface area contributed by atoms with Crippen LogP contribution < -0.4 is 5.32 Å². The number of hydrogen-bond donors (Lipinski definition) is 2. The zero-order chi connectivity index (χ0) is 12.7. The highest BCUT2D eigenvalue weighted by molar-refractivity contribution is 5.88. The lowest BCUT2D eigenvalue weighted by atomic mass is 10.0. The van der Waals surface area contributed by atoms with Gasteiger partial charge < -0.3 is 10.4 Å². The molecule has 0 unspecified atom stereocenters. The Hall–Kier alpha value is -1.49. The summed E-state index contributed by atoms with van der Waals surface area (Å²) in [6.07, 6.45) is 4.96. The molecule has 0 saturated carbocycles. The van der Waals surface area contributed by atoms with Gasteiger partial charge in [-0.25, -0.2) is 14.8 Å². The molecule has 1 heterocycles. The summed E-state index contributed by atoms with van der Waals surface area (Å²) in [6.45, 7) is 5.67. The lowest BCUT2D eigenvalue weighted by Crippen LogP contribution is -2.23. The number of carbonyl (C=O) groups is 1. The Bertz CT molecular complexity index is 365. The van der Waals surface area contributed by atoms with Crippen LogP contribution in [0.2, 0.25) is 0 Å². The molecule has 0 spiro atoms. The predicted molar refractivity (Wildman–Crippen MR) is 64.8 cm³/mol. The summed E-state index contributed by atoms with van der Waals surface area (Å²) < 4.78 is 0. The maximum absolute atomic E-state index is 10.9. The van der Waals surface area contributed by atoms with Gasteiger partial charge >= 0.3 is 5.97 Å². The number of hydrogen-bond acceptors (Lipinski definition) is 4. The van der Waals surface area contributed by atoms with Crippen molar-refractivity contribution >= 4 is 5.97 Å². The molecular formula is C12H19N3O2. The van der Waals surface area contributed by atoms with Gasteiger partial charge in [0, 0.05) is 12.7 Å². The maximum Gasteiger partial charge on any atom is 0.339 e. The van der Waals surface area contributed by atoms with E-state index in [1.807, 2.05) is 0 Å². The molecule has 0 aliphatic rings. The molecule has 0 aliphatic heterocycles. The van der Waals surface area contributed by atoms with E-state index in [0.29, 0.717) is 18.2 Å². The molecule has 0 amide bonds. The van der Waals surface area contributed by atoms with Crippen molar-refractivity contribution < 1.29 is 9.90 Å². The zero-order valence-corrected chi connectivity index (χ0v) is 10.3. The molecular weight excluding hydrogens is 218 g/mol. The molecule has 5 heteroatoms. The molecule has 0 saturated heterocycles. The van der Waals surface area contributed by atoms with Crippen molar-refractivity contribution in [3.05, 3.63) is 23.8 Å². The highest BCUT2D eigenvalue weighted by Gasteiger charge is 2.11. The smallest absolute Gasteiger partial charge is 0.339 e. The molecule has 1 aromatic heterocycles. The first-order valence-electron chi connectivity index (χ1n) is 5.91. The van der Waals surface area contributed by atoms with E-state index in [1.165, 1.54) is 12.5 Å². The molecule has 0 aromatic carbocycles. The minimum absolute atomic E-state index is 0.171. The SMILES string of the molecule is CCC(CC)CNCc1ncncc1C(=O)O. The first kappa shape index (κ1) is 13.6. The fourth-order valence-electron chi connectivity index (χ4n) is 1.65. The first-order valence-corrected chi connectivity index (χ1v) is 5.91. The largest absolute Gasteiger partial charge is 0.478 e. The third-order valence-electron chi connectivity index (χ3n) is 2.91. The molecule has 0 aliphatic carbocycles. The van der Waals surface area contributed by atoms with Crippen LogP contribution in [0, 0.1) is 5.92 Å². The second kappa shape index (κ2) is 6.96. The summed E-state index contributed by atoms with van der Waals surface area (Å²) >= 11 is 0. The minimum atomic E-state index is -0.982. The molecule has 5 nitrogen and oxygen atoms in total. The normalized spacial score (nSPS) is 10.8. The first-order chi connectivity index (χ1) is 8.19. The van der Waals surface area contributed by atoms with Gasteiger partial charge in [-0.1, -0.05) is 26.7 Å². The van der Waals surface area contributed by atoms with Crippen LogP contribution in [0.5, 0.6) is 0 Å². The van der Waals surface area contributed by atoms with Crippen LogP contribution in [0.15, 0.2) is 12.5 Å². The van der Waals surface area contributed by atoms with E-state index in [1.54, 1.807) is 0 Å². The van der Waals surface area contributed by atoms with E-state index >= 15 is 0 Å². The van der Waals surface area contributed by atoms with Crippen molar-refractivity contribution in [2.24, 2.45) is 5.92 Å². The van der Waals surface area contributed by atoms with Crippen LogP contribution in [0.4, 0.5) is 0 Å². The molecule has 94 valence electrons. The van der Waals surface area contributed by atoms with Crippen molar-refractivity contribution in [3.8, 4) is 0 Å². The molecule has 0 fully saturated rings. The Balaban J connectivity index is 2.54.